The number of allylic oxidation sites excluding steroid dienone is 1. The van der Waals surface area contributed by atoms with E-state index in [1.807, 2.05) is 0 Å². The van der Waals surface area contributed by atoms with E-state index >= 15 is 0 Å². The number of nitrogens with one attached hydrogen (secondary N) is 2. The lowest BCUT2D eigenvalue weighted by molar-refractivity contribution is -0.103. The molecular formula is C17H14ClN3O4S. The Morgan fingerprint density at radius 3 is 2.58 bits per heavy atom. The molecule has 7 nitrogen and oxygen atoms in total. The molecule has 134 valence electrons. The number of sulfonamides is 1. The van der Waals surface area contributed by atoms with Gasteiger partial charge < -0.3 is 9.73 Å². The second-order valence-corrected chi connectivity index (χ2v) is 7.55. The highest BCUT2D eigenvalue weighted by molar-refractivity contribution is 7.89. The predicted octanol–water partition coefficient (Wildman–Crippen LogP) is 3.04. The number of fused-ring (bicyclic) bond motifs is 1. The highest BCUT2D eigenvalue weighted by Crippen LogP contribution is 2.23. The van der Waals surface area contributed by atoms with Gasteiger partial charge in [-0.25, -0.2) is 18.1 Å². The molecule has 3 aromatic rings. The van der Waals surface area contributed by atoms with Crippen molar-refractivity contribution >= 4 is 50.3 Å². The molecule has 3 rings (SSSR count). The third-order valence-corrected chi connectivity index (χ3v) is 5.22. The zero-order valence-corrected chi connectivity index (χ0v) is 15.1. The Bertz CT molecular complexity index is 1090. The third-order valence-electron chi connectivity index (χ3n) is 3.55. The number of oxazole rings is 1. The van der Waals surface area contributed by atoms with Gasteiger partial charge in [0.05, 0.1) is 10.5 Å². The standard InChI is InChI=1S/C17H14ClN3O4S/c1-19-26(23,24)14-5-3-13(4-6-14)20-9-11(10-22)17-21-15-8-12(18)2-7-16(15)25-17/h2-10,19-20H,1H3/b11-9+. The summed E-state index contributed by atoms with van der Waals surface area (Å²) in [7, 11) is -2.16. The van der Waals surface area contributed by atoms with Gasteiger partial charge in [-0.1, -0.05) is 11.6 Å². The van der Waals surface area contributed by atoms with Crippen LogP contribution >= 0.6 is 11.6 Å². The number of aldehydes is 1. The van der Waals surface area contributed by atoms with Crippen LogP contribution in [0.2, 0.25) is 5.02 Å². The van der Waals surface area contributed by atoms with Crippen molar-refractivity contribution in [2.75, 3.05) is 12.4 Å². The molecule has 0 unspecified atom stereocenters. The van der Waals surface area contributed by atoms with E-state index in [-0.39, 0.29) is 16.4 Å². The molecule has 0 aliphatic carbocycles. The van der Waals surface area contributed by atoms with Crippen molar-refractivity contribution in [3.8, 4) is 0 Å². The largest absolute Gasteiger partial charge is 0.436 e. The van der Waals surface area contributed by atoms with E-state index in [1.165, 1.54) is 25.4 Å². The molecule has 0 fully saturated rings. The van der Waals surface area contributed by atoms with E-state index in [2.05, 4.69) is 15.0 Å². The fourth-order valence-electron chi connectivity index (χ4n) is 2.18. The first-order valence-corrected chi connectivity index (χ1v) is 9.31. The predicted molar refractivity (Wildman–Crippen MR) is 99.4 cm³/mol. The molecule has 0 saturated heterocycles. The third kappa shape index (κ3) is 3.77. The number of aromatic nitrogens is 1. The summed E-state index contributed by atoms with van der Waals surface area (Å²) in [6.07, 6.45) is 2.04. The number of anilines is 1. The average molecular weight is 392 g/mol. The molecule has 1 aromatic heterocycles. The average Bonchev–Trinajstić information content (AvgIpc) is 3.05. The number of carbonyl (C=O) groups is 1. The normalized spacial score (nSPS) is 12.3. The number of carbonyl (C=O) groups excluding carboxylic acids is 1. The van der Waals surface area contributed by atoms with Crippen molar-refractivity contribution < 1.29 is 17.6 Å². The van der Waals surface area contributed by atoms with Crippen molar-refractivity contribution in [3.63, 3.8) is 0 Å². The maximum atomic E-state index is 11.7. The van der Waals surface area contributed by atoms with Crippen LogP contribution in [0.1, 0.15) is 5.89 Å². The van der Waals surface area contributed by atoms with Gasteiger partial charge in [-0.05, 0) is 49.5 Å². The van der Waals surface area contributed by atoms with Crippen molar-refractivity contribution in [2.45, 2.75) is 4.90 Å². The van der Waals surface area contributed by atoms with Gasteiger partial charge in [0, 0.05) is 16.9 Å². The lowest BCUT2D eigenvalue weighted by Crippen LogP contribution is -2.18. The summed E-state index contributed by atoms with van der Waals surface area (Å²) in [4.78, 5) is 15.7. The molecule has 0 spiro atoms. The second kappa shape index (κ2) is 7.28. The lowest BCUT2D eigenvalue weighted by atomic mass is 10.3. The highest BCUT2D eigenvalue weighted by atomic mass is 35.5. The summed E-state index contributed by atoms with van der Waals surface area (Å²) in [5.41, 5.74) is 1.85. The van der Waals surface area contributed by atoms with Crippen molar-refractivity contribution in [2.24, 2.45) is 0 Å². The fourth-order valence-corrected chi connectivity index (χ4v) is 3.08. The van der Waals surface area contributed by atoms with Crippen LogP contribution in [0.25, 0.3) is 16.7 Å². The van der Waals surface area contributed by atoms with Gasteiger partial charge >= 0.3 is 0 Å². The van der Waals surface area contributed by atoms with E-state index in [4.69, 9.17) is 16.0 Å². The summed E-state index contributed by atoms with van der Waals surface area (Å²) in [5.74, 6) is 0.152. The fraction of sp³-hybridized carbons (Fsp3) is 0.0588. The first-order valence-electron chi connectivity index (χ1n) is 7.45. The quantitative estimate of drug-likeness (QED) is 0.494. The Morgan fingerprint density at radius 2 is 1.92 bits per heavy atom. The lowest BCUT2D eigenvalue weighted by Gasteiger charge is -2.05. The van der Waals surface area contributed by atoms with Crippen molar-refractivity contribution in [1.82, 2.24) is 9.71 Å². The second-order valence-electron chi connectivity index (χ2n) is 5.22. The van der Waals surface area contributed by atoms with E-state index in [1.54, 1.807) is 30.3 Å². The van der Waals surface area contributed by atoms with Gasteiger partial charge in [-0.2, -0.15) is 0 Å². The molecule has 0 radical (unpaired) electrons. The maximum absolute atomic E-state index is 11.7. The summed E-state index contributed by atoms with van der Waals surface area (Å²) < 4.78 is 31.2. The zero-order valence-electron chi connectivity index (χ0n) is 13.6. The molecule has 0 atom stereocenters. The number of nitrogens with zero attached hydrogens (tertiary/aromatic N) is 1. The first kappa shape index (κ1) is 18.1. The molecule has 9 heteroatoms. The molecule has 0 amide bonds. The van der Waals surface area contributed by atoms with Crippen molar-refractivity contribution in [1.29, 1.82) is 0 Å². The number of halogens is 1. The van der Waals surface area contributed by atoms with Crippen LogP contribution in [0.15, 0.2) is 58.0 Å². The SMILES string of the molecule is CNS(=O)(=O)c1ccc(N/C=C(\C=O)c2nc3cc(Cl)ccc3o2)cc1. The van der Waals surface area contributed by atoms with E-state index in [9.17, 15) is 13.2 Å². The highest BCUT2D eigenvalue weighted by Gasteiger charge is 2.12. The van der Waals surface area contributed by atoms with Gasteiger partial charge in [0.15, 0.2) is 11.9 Å². The summed E-state index contributed by atoms with van der Waals surface area (Å²) >= 11 is 5.91. The summed E-state index contributed by atoms with van der Waals surface area (Å²) in [6.45, 7) is 0. The number of benzene rings is 2. The minimum Gasteiger partial charge on any atom is -0.436 e. The molecule has 2 N–H and O–H groups in total. The zero-order chi connectivity index (χ0) is 18.7. The minimum absolute atomic E-state index is 0.140. The van der Waals surface area contributed by atoms with Gasteiger partial charge in [0.2, 0.25) is 15.9 Å². The maximum Gasteiger partial charge on any atom is 0.240 e. The van der Waals surface area contributed by atoms with Crippen LogP contribution in [-0.4, -0.2) is 26.7 Å². The smallest absolute Gasteiger partial charge is 0.240 e. The first-order chi connectivity index (χ1) is 12.4. The molecule has 0 aliphatic rings. The van der Waals surface area contributed by atoms with Crippen LogP contribution in [0.5, 0.6) is 0 Å². The van der Waals surface area contributed by atoms with Crippen molar-refractivity contribution in [3.05, 3.63) is 59.6 Å². The molecule has 0 saturated carbocycles. The Balaban J connectivity index is 1.84. The van der Waals surface area contributed by atoms with Crippen LogP contribution in [0.4, 0.5) is 5.69 Å². The monoisotopic (exact) mass is 391 g/mol. The topological polar surface area (TPSA) is 101 Å². The molecule has 26 heavy (non-hydrogen) atoms. The Labute approximate surface area is 154 Å². The van der Waals surface area contributed by atoms with Gasteiger partial charge in [0.1, 0.15) is 5.52 Å². The minimum atomic E-state index is -3.50. The molecule has 0 aliphatic heterocycles. The van der Waals surface area contributed by atoms with Gasteiger partial charge in [-0.15, -0.1) is 0 Å². The Kier molecular flexibility index (Phi) is 5.08. The van der Waals surface area contributed by atoms with E-state index in [0.717, 1.165) is 0 Å². The van der Waals surface area contributed by atoms with Crippen LogP contribution in [-0.2, 0) is 14.8 Å². The number of hydrogen-bond donors (Lipinski definition) is 2. The molecule has 2 aromatic carbocycles. The van der Waals surface area contributed by atoms with Crippen LogP contribution < -0.4 is 10.0 Å². The summed E-state index contributed by atoms with van der Waals surface area (Å²) in [6, 6.07) is 11.0. The van der Waals surface area contributed by atoms with E-state index in [0.29, 0.717) is 28.1 Å². The van der Waals surface area contributed by atoms with Gasteiger partial charge in [-0.3, -0.25) is 4.79 Å². The van der Waals surface area contributed by atoms with Crippen LogP contribution in [0.3, 0.4) is 0 Å². The molecule has 0 bridgehead atoms. The summed E-state index contributed by atoms with van der Waals surface area (Å²) in [5, 5.41) is 3.43. The Hall–Kier alpha value is -2.68. The molecular weight excluding hydrogens is 378 g/mol. The van der Waals surface area contributed by atoms with E-state index < -0.39 is 10.0 Å². The number of rotatable bonds is 6. The van der Waals surface area contributed by atoms with Gasteiger partial charge in [0.25, 0.3) is 0 Å². The van der Waals surface area contributed by atoms with Crippen LogP contribution in [0, 0.1) is 0 Å². The number of hydrogen-bond acceptors (Lipinski definition) is 6. The Morgan fingerprint density at radius 1 is 1.19 bits per heavy atom. The molecule has 1 heterocycles.